The van der Waals surface area contributed by atoms with Crippen LogP contribution in [0.25, 0.3) is 0 Å². The molecule has 0 unspecified atom stereocenters. The molecule has 0 bridgehead atoms. The molecule has 2 fully saturated rings. The molecule has 0 aliphatic heterocycles. The molecule has 2 aliphatic carbocycles. The average Bonchev–Trinajstić information content (AvgIpc) is 2.38. The van der Waals surface area contributed by atoms with E-state index in [0.29, 0.717) is 11.7 Å². The summed E-state index contributed by atoms with van der Waals surface area (Å²) in [6.07, 6.45) is 6.67. The van der Waals surface area contributed by atoms with Gasteiger partial charge in [-0.1, -0.05) is 24.3 Å². The van der Waals surface area contributed by atoms with Crippen LogP contribution >= 0.6 is 0 Å². The molecule has 3 rings (SSSR count). The minimum Gasteiger partial charge on any atom is -0.299 e. The quantitative estimate of drug-likeness (QED) is 0.710. The molecule has 1 aromatic carbocycles. The fraction of sp³-hybridized carbons (Fsp3) is 0.562. The second-order valence-corrected chi connectivity index (χ2v) is 5.83. The van der Waals surface area contributed by atoms with Gasteiger partial charge in [-0.25, -0.2) is 0 Å². The van der Waals surface area contributed by atoms with Crippen LogP contribution in [-0.2, 0) is 4.79 Å². The number of rotatable bonds is 1. The smallest absolute Gasteiger partial charge is 0.139 e. The minimum absolute atomic E-state index is 0.124. The molecule has 1 heteroatoms. The number of aryl methyl sites for hydroxylation is 1. The van der Waals surface area contributed by atoms with E-state index in [9.17, 15) is 4.79 Å². The Hall–Kier alpha value is -1.11. The highest BCUT2D eigenvalue weighted by Crippen LogP contribution is 2.52. The lowest BCUT2D eigenvalue weighted by molar-refractivity contribution is -0.141. The summed E-state index contributed by atoms with van der Waals surface area (Å²) in [6, 6.07) is 8.72. The van der Waals surface area contributed by atoms with Crippen molar-refractivity contribution in [3.8, 4) is 0 Å². The van der Waals surface area contributed by atoms with Crippen LogP contribution in [0.3, 0.4) is 0 Å². The first-order valence-corrected chi connectivity index (χ1v) is 6.80. The number of ketones is 1. The summed E-state index contributed by atoms with van der Waals surface area (Å²) in [5, 5.41) is 0. The van der Waals surface area contributed by atoms with E-state index in [1.165, 1.54) is 24.0 Å². The number of carbonyl (C=O) groups is 1. The summed E-state index contributed by atoms with van der Waals surface area (Å²) in [5.41, 5.74) is 3.04. The van der Waals surface area contributed by atoms with Crippen LogP contribution in [0.15, 0.2) is 24.3 Å². The van der Waals surface area contributed by atoms with Crippen molar-refractivity contribution in [2.75, 3.05) is 0 Å². The molecular formula is C16H20O. The lowest BCUT2D eigenvalue weighted by Crippen LogP contribution is -2.43. The minimum atomic E-state index is 0.124. The Morgan fingerprint density at radius 1 is 1.12 bits per heavy atom. The third kappa shape index (κ3) is 1.72. The van der Waals surface area contributed by atoms with Crippen molar-refractivity contribution < 1.29 is 4.79 Å². The van der Waals surface area contributed by atoms with Gasteiger partial charge < -0.3 is 0 Å². The van der Waals surface area contributed by atoms with Crippen LogP contribution in [0.4, 0.5) is 0 Å². The summed E-state index contributed by atoms with van der Waals surface area (Å²) < 4.78 is 0. The predicted octanol–water partition coefficient (Wildman–Crippen LogP) is 4.00. The molecule has 0 saturated heterocycles. The Morgan fingerprint density at radius 3 is 2.35 bits per heavy atom. The standard InChI is InChI=1S/C16H20O/c1-12-4-2-3-5-14(12)13-6-9-16(10-7-13)11-8-15(16)17/h2-5,13H,6-11H2,1H3. The van der Waals surface area contributed by atoms with Crippen LogP contribution < -0.4 is 0 Å². The molecule has 1 aromatic rings. The summed E-state index contributed by atoms with van der Waals surface area (Å²) in [7, 11) is 0. The first kappa shape index (κ1) is 11.0. The third-order valence-corrected chi connectivity index (χ3v) is 4.99. The van der Waals surface area contributed by atoms with Crippen molar-refractivity contribution >= 4 is 5.78 Å². The van der Waals surface area contributed by atoms with E-state index in [2.05, 4.69) is 31.2 Å². The Morgan fingerprint density at radius 2 is 1.82 bits per heavy atom. The van der Waals surface area contributed by atoms with Gasteiger partial charge in [0.2, 0.25) is 0 Å². The lowest BCUT2D eigenvalue weighted by atomic mass is 9.57. The first-order valence-electron chi connectivity index (χ1n) is 6.80. The van der Waals surface area contributed by atoms with Crippen LogP contribution in [0.2, 0.25) is 0 Å². The Balaban J connectivity index is 1.73. The van der Waals surface area contributed by atoms with Gasteiger partial charge in [0.25, 0.3) is 0 Å². The van der Waals surface area contributed by atoms with E-state index in [0.717, 1.165) is 25.7 Å². The van der Waals surface area contributed by atoms with Crippen molar-refractivity contribution in [3.63, 3.8) is 0 Å². The number of carbonyl (C=O) groups excluding carboxylic acids is 1. The molecule has 1 spiro atoms. The van der Waals surface area contributed by atoms with Gasteiger partial charge in [-0.2, -0.15) is 0 Å². The number of benzene rings is 1. The SMILES string of the molecule is Cc1ccccc1C1CCC2(CCC2=O)CC1. The zero-order valence-electron chi connectivity index (χ0n) is 10.5. The molecule has 2 aliphatic rings. The molecule has 0 aromatic heterocycles. The molecule has 17 heavy (non-hydrogen) atoms. The molecule has 0 heterocycles. The van der Waals surface area contributed by atoms with Gasteiger partial charge in [-0.3, -0.25) is 4.79 Å². The Bertz CT molecular complexity index is 439. The highest BCUT2D eigenvalue weighted by atomic mass is 16.1. The summed E-state index contributed by atoms with van der Waals surface area (Å²) >= 11 is 0. The Labute approximate surface area is 103 Å². The van der Waals surface area contributed by atoms with Gasteiger partial charge in [-0.15, -0.1) is 0 Å². The second kappa shape index (κ2) is 3.97. The van der Waals surface area contributed by atoms with Gasteiger partial charge in [0.15, 0.2) is 0 Å². The van der Waals surface area contributed by atoms with Gasteiger partial charge >= 0.3 is 0 Å². The maximum absolute atomic E-state index is 11.7. The zero-order chi connectivity index (χ0) is 11.9. The molecule has 0 atom stereocenters. The van der Waals surface area contributed by atoms with Crippen LogP contribution in [0.5, 0.6) is 0 Å². The van der Waals surface area contributed by atoms with Crippen LogP contribution in [0, 0.1) is 12.3 Å². The van der Waals surface area contributed by atoms with Crippen LogP contribution in [-0.4, -0.2) is 5.78 Å². The van der Waals surface area contributed by atoms with Crippen molar-refractivity contribution in [1.82, 2.24) is 0 Å². The maximum Gasteiger partial charge on any atom is 0.139 e. The van der Waals surface area contributed by atoms with E-state index >= 15 is 0 Å². The average molecular weight is 228 g/mol. The van der Waals surface area contributed by atoms with Gasteiger partial charge in [0, 0.05) is 11.8 Å². The molecule has 0 amide bonds. The largest absolute Gasteiger partial charge is 0.299 e. The summed E-state index contributed by atoms with van der Waals surface area (Å²) in [4.78, 5) is 11.7. The van der Waals surface area contributed by atoms with Gasteiger partial charge in [0.05, 0.1) is 0 Å². The second-order valence-electron chi connectivity index (χ2n) is 5.83. The normalized spacial score (nSPS) is 32.5. The molecule has 0 N–H and O–H groups in total. The maximum atomic E-state index is 11.7. The van der Waals surface area contributed by atoms with E-state index in [1.54, 1.807) is 0 Å². The topological polar surface area (TPSA) is 17.1 Å². The van der Waals surface area contributed by atoms with E-state index < -0.39 is 0 Å². The van der Waals surface area contributed by atoms with Crippen molar-refractivity contribution in [2.45, 2.75) is 51.4 Å². The van der Waals surface area contributed by atoms with Crippen molar-refractivity contribution in [3.05, 3.63) is 35.4 Å². The zero-order valence-corrected chi connectivity index (χ0v) is 10.5. The monoisotopic (exact) mass is 228 g/mol. The fourth-order valence-corrected chi connectivity index (χ4v) is 3.64. The molecule has 0 radical (unpaired) electrons. The number of hydrogen-bond donors (Lipinski definition) is 0. The van der Waals surface area contributed by atoms with E-state index in [4.69, 9.17) is 0 Å². The van der Waals surface area contributed by atoms with Crippen molar-refractivity contribution in [2.24, 2.45) is 5.41 Å². The third-order valence-electron chi connectivity index (χ3n) is 4.99. The molecular weight excluding hydrogens is 208 g/mol. The van der Waals surface area contributed by atoms with Crippen molar-refractivity contribution in [1.29, 1.82) is 0 Å². The predicted molar refractivity (Wildman–Crippen MR) is 69.1 cm³/mol. The van der Waals surface area contributed by atoms with Gasteiger partial charge in [0.1, 0.15) is 5.78 Å². The molecule has 2 saturated carbocycles. The molecule has 90 valence electrons. The Kier molecular flexibility index (Phi) is 2.57. The highest BCUT2D eigenvalue weighted by molar-refractivity contribution is 5.90. The fourth-order valence-electron chi connectivity index (χ4n) is 3.64. The first-order chi connectivity index (χ1) is 8.21. The number of hydrogen-bond acceptors (Lipinski definition) is 1. The number of Topliss-reactive ketones (excluding diaryl/α,β-unsaturated/α-hetero) is 1. The van der Waals surface area contributed by atoms with E-state index in [-0.39, 0.29) is 5.41 Å². The van der Waals surface area contributed by atoms with Gasteiger partial charge in [-0.05, 0) is 56.1 Å². The molecule has 1 nitrogen and oxygen atoms in total. The van der Waals surface area contributed by atoms with E-state index in [1.807, 2.05) is 0 Å². The summed E-state index contributed by atoms with van der Waals surface area (Å²) in [6.45, 7) is 2.20. The highest BCUT2D eigenvalue weighted by Gasteiger charge is 2.47. The van der Waals surface area contributed by atoms with Crippen LogP contribution in [0.1, 0.15) is 55.6 Å². The summed E-state index contributed by atoms with van der Waals surface area (Å²) in [5.74, 6) is 1.23. The lowest BCUT2D eigenvalue weighted by Gasteiger charge is -2.45.